The number of amides is 3. The van der Waals surface area contributed by atoms with Gasteiger partial charge in [0.05, 0.1) is 19.6 Å². The predicted octanol–water partition coefficient (Wildman–Crippen LogP) is 0.344. The van der Waals surface area contributed by atoms with Gasteiger partial charge in [-0.15, -0.1) is 0 Å². The second-order valence-electron chi connectivity index (χ2n) is 5.94. The van der Waals surface area contributed by atoms with Gasteiger partial charge in [-0.3, -0.25) is 19.3 Å². The Hall–Kier alpha value is -2.41. The number of hydrogen-bond acceptors (Lipinski definition) is 4. The highest BCUT2D eigenvalue weighted by Gasteiger charge is 2.12. The first-order valence-electron chi connectivity index (χ1n) is 7.76. The number of rotatable bonds is 7. The molecule has 0 bridgehead atoms. The Bertz CT molecular complexity index is 605. The monoisotopic (exact) mass is 334 g/mol. The summed E-state index contributed by atoms with van der Waals surface area (Å²) >= 11 is 0. The van der Waals surface area contributed by atoms with Crippen LogP contribution in [0.4, 0.5) is 5.69 Å². The second kappa shape index (κ2) is 9.02. The summed E-state index contributed by atoms with van der Waals surface area (Å²) in [7, 11) is 3.20. The molecule has 0 spiro atoms. The molecule has 1 aromatic carbocycles. The normalized spacial score (nSPS) is 10.4. The molecule has 7 nitrogen and oxygen atoms in total. The molecule has 3 amide bonds. The molecule has 0 aliphatic rings. The predicted molar refractivity (Wildman–Crippen MR) is 93.9 cm³/mol. The molecule has 0 saturated heterocycles. The molecule has 7 heteroatoms. The van der Waals surface area contributed by atoms with Gasteiger partial charge in [-0.05, 0) is 38.9 Å². The third kappa shape index (κ3) is 6.37. The number of nitrogens with zero attached hydrogens (tertiary/aromatic N) is 1. The summed E-state index contributed by atoms with van der Waals surface area (Å²) in [6.07, 6.45) is 0. The Labute approximate surface area is 142 Å². The van der Waals surface area contributed by atoms with Gasteiger partial charge >= 0.3 is 0 Å². The Balaban J connectivity index is 2.46. The van der Waals surface area contributed by atoms with Gasteiger partial charge in [0.15, 0.2) is 0 Å². The summed E-state index contributed by atoms with van der Waals surface area (Å²) in [5, 5.41) is 7.86. The molecule has 0 unspecified atom stereocenters. The molecule has 3 N–H and O–H groups in total. The van der Waals surface area contributed by atoms with E-state index in [2.05, 4.69) is 16.0 Å². The molecule has 0 aromatic heterocycles. The Morgan fingerprint density at radius 1 is 0.958 bits per heavy atom. The lowest BCUT2D eigenvalue weighted by Gasteiger charge is -2.16. The maximum atomic E-state index is 12.0. The summed E-state index contributed by atoms with van der Waals surface area (Å²) in [4.78, 5) is 36.6. The second-order valence-corrected chi connectivity index (χ2v) is 5.94. The summed E-state index contributed by atoms with van der Waals surface area (Å²) in [6, 6.07) is 3.99. The fraction of sp³-hybridized carbons (Fsp3) is 0.471. The van der Waals surface area contributed by atoms with E-state index < -0.39 is 0 Å². The van der Waals surface area contributed by atoms with Gasteiger partial charge in [0, 0.05) is 12.7 Å². The summed E-state index contributed by atoms with van der Waals surface area (Å²) < 4.78 is 0. The van der Waals surface area contributed by atoms with Crippen molar-refractivity contribution in [3.8, 4) is 0 Å². The van der Waals surface area contributed by atoms with Crippen LogP contribution in [0.5, 0.6) is 0 Å². The van der Waals surface area contributed by atoms with Crippen LogP contribution in [0.2, 0.25) is 0 Å². The number of likely N-dealkylation sites (N-methyl/N-ethyl adjacent to an activating group) is 2. The van der Waals surface area contributed by atoms with E-state index in [9.17, 15) is 14.4 Å². The van der Waals surface area contributed by atoms with E-state index in [4.69, 9.17) is 0 Å². The van der Waals surface area contributed by atoms with Crippen molar-refractivity contribution in [2.24, 2.45) is 0 Å². The van der Waals surface area contributed by atoms with Crippen LogP contribution < -0.4 is 16.0 Å². The van der Waals surface area contributed by atoms with Gasteiger partial charge in [-0.25, -0.2) is 0 Å². The Kier molecular flexibility index (Phi) is 7.38. The van der Waals surface area contributed by atoms with Crippen LogP contribution in [-0.4, -0.2) is 56.4 Å². The minimum atomic E-state index is -0.311. The lowest BCUT2D eigenvalue weighted by atomic mass is 10.1. The lowest BCUT2D eigenvalue weighted by molar-refractivity contribution is -0.126. The zero-order valence-electron chi connectivity index (χ0n) is 14.9. The summed E-state index contributed by atoms with van der Waals surface area (Å²) in [5.41, 5.74) is 3.88. The van der Waals surface area contributed by atoms with Crippen LogP contribution in [-0.2, 0) is 14.4 Å². The van der Waals surface area contributed by atoms with Gasteiger partial charge in [0.2, 0.25) is 17.7 Å². The first-order chi connectivity index (χ1) is 11.2. The molecule has 0 heterocycles. The minimum absolute atomic E-state index is 0.0449. The third-order valence-electron chi connectivity index (χ3n) is 3.49. The highest BCUT2D eigenvalue weighted by atomic mass is 16.2. The third-order valence-corrected chi connectivity index (χ3v) is 3.49. The number of carbonyl (C=O) groups excluding carboxylic acids is 3. The molecule has 0 fully saturated rings. The van der Waals surface area contributed by atoms with E-state index >= 15 is 0 Å². The number of nitrogens with one attached hydrogen (secondary N) is 3. The largest absolute Gasteiger partial charge is 0.358 e. The van der Waals surface area contributed by atoms with E-state index in [1.807, 2.05) is 32.9 Å². The standard InChI is InChI=1S/C17H26N4O3/c1-11-6-12(2)17(13(3)7-11)20-14(22)8-19-16(24)10-21(5)9-15(23)18-4/h6-7H,8-10H2,1-5H3,(H,18,23)(H,19,24)(H,20,22). The maximum absolute atomic E-state index is 12.0. The van der Waals surface area contributed by atoms with Gasteiger partial charge < -0.3 is 16.0 Å². The first kappa shape index (κ1) is 19.6. The molecular weight excluding hydrogens is 308 g/mol. The molecule has 0 atom stereocenters. The van der Waals surface area contributed by atoms with Gasteiger partial charge in [0.25, 0.3) is 0 Å². The number of hydrogen-bond donors (Lipinski definition) is 3. The molecule has 1 aromatic rings. The molecule has 24 heavy (non-hydrogen) atoms. The van der Waals surface area contributed by atoms with E-state index in [-0.39, 0.29) is 37.4 Å². The summed E-state index contributed by atoms with van der Waals surface area (Å²) in [6.45, 7) is 5.92. The molecular formula is C17H26N4O3. The lowest BCUT2D eigenvalue weighted by Crippen LogP contribution is -2.42. The smallest absolute Gasteiger partial charge is 0.243 e. The number of carbonyl (C=O) groups is 3. The first-order valence-corrected chi connectivity index (χ1v) is 7.76. The van der Waals surface area contributed by atoms with Crippen molar-refractivity contribution in [1.29, 1.82) is 0 Å². The number of benzene rings is 1. The molecule has 0 aliphatic heterocycles. The van der Waals surface area contributed by atoms with E-state index in [1.54, 1.807) is 11.9 Å². The van der Waals surface area contributed by atoms with Crippen molar-refractivity contribution >= 4 is 23.4 Å². The average Bonchev–Trinajstić information content (AvgIpc) is 2.48. The van der Waals surface area contributed by atoms with Crippen LogP contribution in [0.1, 0.15) is 16.7 Å². The molecule has 1 rings (SSSR count). The van der Waals surface area contributed by atoms with Crippen LogP contribution in [0.15, 0.2) is 12.1 Å². The fourth-order valence-electron chi connectivity index (χ4n) is 2.42. The number of anilines is 1. The Morgan fingerprint density at radius 2 is 1.50 bits per heavy atom. The quantitative estimate of drug-likeness (QED) is 0.671. The fourth-order valence-corrected chi connectivity index (χ4v) is 2.42. The van der Waals surface area contributed by atoms with E-state index in [1.165, 1.54) is 7.05 Å². The Morgan fingerprint density at radius 3 is 2.04 bits per heavy atom. The van der Waals surface area contributed by atoms with Gasteiger partial charge in [-0.1, -0.05) is 17.7 Å². The average molecular weight is 334 g/mol. The van der Waals surface area contributed by atoms with Crippen LogP contribution >= 0.6 is 0 Å². The van der Waals surface area contributed by atoms with Gasteiger partial charge in [0.1, 0.15) is 0 Å². The maximum Gasteiger partial charge on any atom is 0.243 e. The van der Waals surface area contributed by atoms with E-state index in [0.29, 0.717) is 0 Å². The zero-order chi connectivity index (χ0) is 18.3. The molecule has 0 saturated carbocycles. The van der Waals surface area contributed by atoms with Crippen molar-refractivity contribution < 1.29 is 14.4 Å². The number of aryl methyl sites for hydroxylation is 3. The van der Waals surface area contributed by atoms with Crippen molar-refractivity contribution in [2.75, 3.05) is 39.0 Å². The topological polar surface area (TPSA) is 90.5 Å². The van der Waals surface area contributed by atoms with Crippen molar-refractivity contribution in [3.05, 3.63) is 28.8 Å². The molecule has 0 radical (unpaired) electrons. The summed E-state index contributed by atoms with van der Waals surface area (Å²) in [5.74, 6) is -0.769. The van der Waals surface area contributed by atoms with Crippen LogP contribution in [0, 0.1) is 20.8 Å². The van der Waals surface area contributed by atoms with Gasteiger partial charge in [-0.2, -0.15) is 0 Å². The SMILES string of the molecule is CNC(=O)CN(C)CC(=O)NCC(=O)Nc1c(C)cc(C)cc1C. The van der Waals surface area contributed by atoms with Crippen LogP contribution in [0.3, 0.4) is 0 Å². The zero-order valence-corrected chi connectivity index (χ0v) is 14.9. The highest BCUT2D eigenvalue weighted by molar-refractivity contribution is 5.96. The van der Waals surface area contributed by atoms with Crippen molar-refractivity contribution in [2.45, 2.75) is 20.8 Å². The van der Waals surface area contributed by atoms with Crippen LogP contribution in [0.25, 0.3) is 0 Å². The van der Waals surface area contributed by atoms with Crippen molar-refractivity contribution in [1.82, 2.24) is 15.5 Å². The highest BCUT2D eigenvalue weighted by Crippen LogP contribution is 2.21. The minimum Gasteiger partial charge on any atom is -0.358 e. The van der Waals surface area contributed by atoms with Crippen molar-refractivity contribution in [3.63, 3.8) is 0 Å². The molecule has 0 aliphatic carbocycles. The van der Waals surface area contributed by atoms with E-state index in [0.717, 1.165) is 22.4 Å². The molecule has 132 valence electrons.